The molecule has 0 aliphatic carbocycles. The second-order valence-electron chi connectivity index (χ2n) is 4.57. The summed E-state index contributed by atoms with van der Waals surface area (Å²) in [6, 6.07) is 6.26. The minimum atomic E-state index is 0.523. The van der Waals surface area contributed by atoms with Crippen LogP contribution in [0.3, 0.4) is 0 Å². The second kappa shape index (κ2) is 4.64. The highest BCUT2D eigenvalue weighted by Crippen LogP contribution is 2.24. The maximum Gasteiger partial charge on any atom is 0.139 e. The first-order chi connectivity index (χ1) is 8.47. The summed E-state index contributed by atoms with van der Waals surface area (Å²) >= 11 is 0. The summed E-state index contributed by atoms with van der Waals surface area (Å²) in [5.74, 6) is 1.96. The molecule has 1 aromatic heterocycles. The van der Waals surface area contributed by atoms with Gasteiger partial charge in [0.05, 0.1) is 0 Å². The van der Waals surface area contributed by atoms with Gasteiger partial charge in [-0.25, -0.2) is 9.97 Å². The number of hydrogen-bond acceptors (Lipinski definition) is 4. The molecule has 0 spiro atoms. The predicted octanol–water partition coefficient (Wildman–Crippen LogP) is 3.04. The standard InChI is InChI=1S/C14H18N4/c1-8-5-6-12(9(2)7-8)18-14-10(3)13(15)16-11(4)17-14/h5-7H,1-4H3,(H3,15,16,17,18). The number of aryl methyl sites for hydroxylation is 3. The summed E-state index contributed by atoms with van der Waals surface area (Å²) < 4.78 is 0. The van der Waals surface area contributed by atoms with E-state index in [1.807, 2.05) is 13.8 Å². The third-order valence-electron chi connectivity index (χ3n) is 2.93. The highest BCUT2D eigenvalue weighted by Gasteiger charge is 2.08. The predicted molar refractivity (Wildman–Crippen MR) is 75.1 cm³/mol. The molecule has 0 unspecified atom stereocenters. The summed E-state index contributed by atoms with van der Waals surface area (Å²) in [7, 11) is 0. The van der Waals surface area contributed by atoms with Crippen molar-refractivity contribution in [2.24, 2.45) is 0 Å². The Morgan fingerprint density at radius 1 is 1.06 bits per heavy atom. The van der Waals surface area contributed by atoms with Gasteiger partial charge in [-0.1, -0.05) is 17.7 Å². The molecule has 1 aromatic carbocycles. The molecule has 0 bridgehead atoms. The van der Waals surface area contributed by atoms with Gasteiger partial charge in [-0.05, 0) is 39.3 Å². The Hall–Kier alpha value is -2.10. The fraction of sp³-hybridized carbons (Fsp3) is 0.286. The molecular weight excluding hydrogens is 224 g/mol. The number of rotatable bonds is 2. The Morgan fingerprint density at radius 2 is 1.78 bits per heavy atom. The van der Waals surface area contributed by atoms with Crippen LogP contribution in [0.25, 0.3) is 0 Å². The molecule has 0 radical (unpaired) electrons. The molecule has 4 heteroatoms. The quantitative estimate of drug-likeness (QED) is 0.849. The molecule has 4 nitrogen and oxygen atoms in total. The van der Waals surface area contributed by atoms with Crippen LogP contribution in [0.1, 0.15) is 22.5 Å². The minimum Gasteiger partial charge on any atom is -0.383 e. The molecule has 0 aliphatic rings. The summed E-state index contributed by atoms with van der Waals surface area (Å²) in [6.45, 7) is 7.90. The lowest BCUT2D eigenvalue weighted by molar-refractivity contribution is 1.04. The van der Waals surface area contributed by atoms with Crippen LogP contribution in [0, 0.1) is 27.7 Å². The highest BCUT2D eigenvalue weighted by atomic mass is 15.1. The van der Waals surface area contributed by atoms with Gasteiger partial charge in [0, 0.05) is 11.3 Å². The number of nitrogen functional groups attached to an aromatic ring is 1. The lowest BCUT2D eigenvalue weighted by Crippen LogP contribution is -2.05. The van der Waals surface area contributed by atoms with Crippen molar-refractivity contribution >= 4 is 17.3 Å². The van der Waals surface area contributed by atoms with Gasteiger partial charge in [0.15, 0.2) is 0 Å². The average Bonchev–Trinajstić information content (AvgIpc) is 2.29. The van der Waals surface area contributed by atoms with Crippen LogP contribution in [0.5, 0.6) is 0 Å². The van der Waals surface area contributed by atoms with Crippen LogP contribution in [-0.4, -0.2) is 9.97 Å². The lowest BCUT2D eigenvalue weighted by Gasteiger charge is -2.13. The Bertz CT molecular complexity index is 591. The first kappa shape index (κ1) is 12.4. The maximum atomic E-state index is 5.85. The van der Waals surface area contributed by atoms with E-state index in [1.165, 1.54) is 11.1 Å². The van der Waals surface area contributed by atoms with Crippen molar-refractivity contribution in [1.82, 2.24) is 9.97 Å². The maximum absolute atomic E-state index is 5.85. The molecule has 3 N–H and O–H groups in total. The van der Waals surface area contributed by atoms with Gasteiger partial charge < -0.3 is 11.1 Å². The minimum absolute atomic E-state index is 0.523. The van der Waals surface area contributed by atoms with Crippen molar-refractivity contribution in [3.63, 3.8) is 0 Å². The fourth-order valence-electron chi connectivity index (χ4n) is 1.85. The molecule has 0 atom stereocenters. The van der Waals surface area contributed by atoms with Crippen molar-refractivity contribution in [3.8, 4) is 0 Å². The van der Waals surface area contributed by atoms with Crippen LogP contribution in [0.15, 0.2) is 18.2 Å². The van der Waals surface area contributed by atoms with Gasteiger partial charge in [-0.2, -0.15) is 0 Å². The number of benzene rings is 1. The number of nitrogens with two attached hydrogens (primary N) is 1. The molecular formula is C14H18N4. The zero-order valence-corrected chi connectivity index (χ0v) is 11.2. The van der Waals surface area contributed by atoms with Crippen LogP contribution >= 0.6 is 0 Å². The van der Waals surface area contributed by atoms with E-state index in [9.17, 15) is 0 Å². The number of hydrogen-bond donors (Lipinski definition) is 2. The van der Waals surface area contributed by atoms with Crippen molar-refractivity contribution in [3.05, 3.63) is 40.7 Å². The topological polar surface area (TPSA) is 63.8 Å². The molecule has 18 heavy (non-hydrogen) atoms. The van der Waals surface area contributed by atoms with Gasteiger partial charge in [0.1, 0.15) is 17.5 Å². The molecule has 2 aromatic rings. The second-order valence-corrected chi connectivity index (χ2v) is 4.57. The molecule has 0 aliphatic heterocycles. The fourth-order valence-corrected chi connectivity index (χ4v) is 1.85. The van der Waals surface area contributed by atoms with Gasteiger partial charge in [0.2, 0.25) is 0 Å². The summed E-state index contributed by atoms with van der Waals surface area (Å²) in [5, 5.41) is 3.32. The molecule has 0 fully saturated rings. The van der Waals surface area contributed by atoms with Crippen molar-refractivity contribution < 1.29 is 0 Å². The van der Waals surface area contributed by atoms with E-state index in [2.05, 4.69) is 47.3 Å². The van der Waals surface area contributed by atoms with Crippen molar-refractivity contribution in [2.45, 2.75) is 27.7 Å². The van der Waals surface area contributed by atoms with Gasteiger partial charge in [-0.3, -0.25) is 0 Å². The third kappa shape index (κ3) is 2.42. The number of nitrogens with one attached hydrogen (secondary N) is 1. The average molecular weight is 242 g/mol. The van der Waals surface area contributed by atoms with E-state index in [1.54, 1.807) is 0 Å². The van der Waals surface area contributed by atoms with Gasteiger partial charge in [-0.15, -0.1) is 0 Å². The number of nitrogens with zero attached hydrogens (tertiary/aromatic N) is 2. The summed E-state index contributed by atoms with van der Waals surface area (Å²) in [5.41, 5.74) is 10.2. The van der Waals surface area contributed by atoms with Crippen molar-refractivity contribution in [2.75, 3.05) is 11.1 Å². The van der Waals surface area contributed by atoms with E-state index in [0.29, 0.717) is 11.6 Å². The summed E-state index contributed by atoms with van der Waals surface area (Å²) in [4.78, 5) is 8.53. The van der Waals surface area contributed by atoms with E-state index in [0.717, 1.165) is 17.1 Å². The van der Waals surface area contributed by atoms with E-state index in [-0.39, 0.29) is 0 Å². The summed E-state index contributed by atoms with van der Waals surface area (Å²) in [6.07, 6.45) is 0. The Morgan fingerprint density at radius 3 is 2.44 bits per heavy atom. The van der Waals surface area contributed by atoms with E-state index in [4.69, 9.17) is 5.73 Å². The van der Waals surface area contributed by atoms with E-state index < -0.39 is 0 Å². The molecule has 2 rings (SSSR count). The normalized spacial score (nSPS) is 10.4. The molecule has 0 amide bonds. The zero-order chi connectivity index (χ0) is 13.3. The molecule has 94 valence electrons. The smallest absolute Gasteiger partial charge is 0.139 e. The van der Waals surface area contributed by atoms with Crippen LogP contribution < -0.4 is 11.1 Å². The van der Waals surface area contributed by atoms with E-state index >= 15 is 0 Å². The highest BCUT2D eigenvalue weighted by molar-refractivity contribution is 5.66. The molecule has 1 heterocycles. The zero-order valence-electron chi connectivity index (χ0n) is 11.2. The first-order valence-corrected chi connectivity index (χ1v) is 5.92. The Labute approximate surface area is 107 Å². The molecule has 0 saturated carbocycles. The van der Waals surface area contributed by atoms with Crippen molar-refractivity contribution in [1.29, 1.82) is 0 Å². The number of anilines is 3. The SMILES string of the molecule is Cc1ccc(Nc2nc(C)nc(N)c2C)c(C)c1. The van der Waals surface area contributed by atoms with Gasteiger partial charge >= 0.3 is 0 Å². The van der Waals surface area contributed by atoms with Crippen LogP contribution in [0.4, 0.5) is 17.3 Å². The Kier molecular flexibility index (Phi) is 3.19. The largest absolute Gasteiger partial charge is 0.383 e. The third-order valence-corrected chi connectivity index (χ3v) is 2.93. The monoisotopic (exact) mass is 242 g/mol. The number of aromatic nitrogens is 2. The van der Waals surface area contributed by atoms with Crippen LogP contribution in [0.2, 0.25) is 0 Å². The first-order valence-electron chi connectivity index (χ1n) is 5.92. The van der Waals surface area contributed by atoms with Crippen LogP contribution in [-0.2, 0) is 0 Å². The Balaban J connectivity index is 2.40. The van der Waals surface area contributed by atoms with Gasteiger partial charge in [0.25, 0.3) is 0 Å². The molecule has 0 saturated heterocycles. The lowest BCUT2D eigenvalue weighted by atomic mass is 10.1.